The van der Waals surface area contributed by atoms with Crippen LogP contribution in [0, 0.1) is 12.8 Å². The number of ether oxygens (including phenoxy) is 1. The molecule has 2 heterocycles. The molecule has 1 aliphatic rings. The lowest BCUT2D eigenvalue weighted by Crippen LogP contribution is -2.48. The largest absolute Gasteiger partial charge is 0.383 e. The first-order valence-corrected chi connectivity index (χ1v) is 10.4. The molecule has 28 heavy (non-hydrogen) atoms. The van der Waals surface area contributed by atoms with Gasteiger partial charge in [0.1, 0.15) is 0 Å². The van der Waals surface area contributed by atoms with Gasteiger partial charge < -0.3 is 9.64 Å². The second-order valence-electron chi connectivity index (χ2n) is 7.85. The molecule has 0 spiro atoms. The van der Waals surface area contributed by atoms with E-state index >= 15 is 0 Å². The van der Waals surface area contributed by atoms with E-state index in [1.165, 1.54) is 11.3 Å². The van der Waals surface area contributed by atoms with Crippen LogP contribution in [-0.2, 0) is 11.3 Å². The number of aryl methyl sites for hydroxylation is 1. The SMILES string of the molecule is COCCn1nnnc1[C@@H](CC(C)C)N1CCN(c2cc(Cl)ccc2C)CC1. The van der Waals surface area contributed by atoms with E-state index in [-0.39, 0.29) is 6.04 Å². The molecule has 7 nitrogen and oxygen atoms in total. The summed E-state index contributed by atoms with van der Waals surface area (Å²) in [7, 11) is 1.70. The number of methoxy groups -OCH3 is 1. The predicted octanol–water partition coefficient (Wildman–Crippen LogP) is 3.19. The quantitative estimate of drug-likeness (QED) is 0.671. The lowest BCUT2D eigenvalue weighted by atomic mass is 10.0. The number of rotatable bonds is 8. The molecule has 154 valence electrons. The fraction of sp³-hybridized carbons (Fsp3) is 0.650. The van der Waals surface area contributed by atoms with Crippen molar-refractivity contribution in [2.75, 3.05) is 44.8 Å². The number of hydrogen-bond acceptors (Lipinski definition) is 6. The zero-order valence-corrected chi connectivity index (χ0v) is 18.1. The number of piperazine rings is 1. The lowest BCUT2D eigenvalue weighted by molar-refractivity contribution is 0.145. The molecule has 1 fully saturated rings. The van der Waals surface area contributed by atoms with Gasteiger partial charge in [-0.2, -0.15) is 0 Å². The van der Waals surface area contributed by atoms with Crippen LogP contribution in [0.1, 0.15) is 37.7 Å². The summed E-state index contributed by atoms with van der Waals surface area (Å²) in [6, 6.07) is 6.34. The number of halogens is 1. The van der Waals surface area contributed by atoms with E-state index in [1.807, 2.05) is 10.7 Å². The summed E-state index contributed by atoms with van der Waals surface area (Å²) < 4.78 is 7.11. The summed E-state index contributed by atoms with van der Waals surface area (Å²) in [5.74, 6) is 1.50. The third-order valence-corrected chi connectivity index (χ3v) is 5.56. The topological polar surface area (TPSA) is 59.3 Å². The number of aromatic nitrogens is 4. The molecule has 1 aromatic heterocycles. The smallest absolute Gasteiger partial charge is 0.168 e. The zero-order chi connectivity index (χ0) is 20.1. The Morgan fingerprint density at radius 3 is 2.61 bits per heavy atom. The van der Waals surface area contributed by atoms with Crippen LogP contribution in [0.25, 0.3) is 0 Å². The summed E-state index contributed by atoms with van der Waals surface area (Å²) in [6.45, 7) is 11.8. The summed E-state index contributed by atoms with van der Waals surface area (Å²) in [5, 5.41) is 13.3. The normalized spacial score (nSPS) is 16.7. The van der Waals surface area contributed by atoms with Crippen molar-refractivity contribution >= 4 is 17.3 Å². The summed E-state index contributed by atoms with van der Waals surface area (Å²) >= 11 is 6.23. The molecule has 1 saturated heterocycles. The van der Waals surface area contributed by atoms with Crippen LogP contribution in [0.2, 0.25) is 5.02 Å². The van der Waals surface area contributed by atoms with E-state index < -0.39 is 0 Å². The molecule has 0 N–H and O–H groups in total. The highest BCUT2D eigenvalue weighted by molar-refractivity contribution is 6.30. The number of tetrazole rings is 1. The Bertz CT molecular complexity index is 757. The van der Waals surface area contributed by atoms with Gasteiger partial charge in [-0.1, -0.05) is 31.5 Å². The standard InChI is InChI=1S/C20H31ClN6O/c1-15(2)13-19(20-22-23-24-27(20)11-12-28-4)26-9-7-25(8-10-26)18-14-17(21)6-5-16(18)3/h5-6,14-15,19H,7-13H2,1-4H3/t19-/m1/s1. The van der Waals surface area contributed by atoms with Gasteiger partial charge >= 0.3 is 0 Å². The molecule has 8 heteroatoms. The Labute approximate surface area is 172 Å². The van der Waals surface area contributed by atoms with Crippen LogP contribution >= 0.6 is 11.6 Å². The van der Waals surface area contributed by atoms with Gasteiger partial charge in [0.25, 0.3) is 0 Å². The van der Waals surface area contributed by atoms with Crippen LogP contribution in [0.3, 0.4) is 0 Å². The highest BCUT2D eigenvalue weighted by Crippen LogP contribution is 2.30. The first-order chi connectivity index (χ1) is 13.5. The Hall–Kier alpha value is -1.70. The lowest BCUT2D eigenvalue weighted by Gasteiger charge is -2.40. The van der Waals surface area contributed by atoms with Gasteiger partial charge in [-0.05, 0) is 47.4 Å². The zero-order valence-electron chi connectivity index (χ0n) is 17.3. The van der Waals surface area contributed by atoms with Gasteiger partial charge in [0.15, 0.2) is 5.82 Å². The second-order valence-corrected chi connectivity index (χ2v) is 8.29. The maximum atomic E-state index is 6.23. The number of hydrogen-bond donors (Lipinski definition) is 0. The summed E-state index contributed by atoms with van der Waals surface area (Å²) in [4.78, 5) is 4.95. The summed E-state index contributed by atoms with van der Waals surface area (Å²) in [6.07, 6.45) is 1.03. The molecule has 1 atom stereocenters. The van der Waals surface area contributed by atoms with E-state index in [1.54, 1.807) is 7.11 Å². The van der Waals surface area contributed by atoms with Gasteiger partial charge in [0.05, 0.1) is 19.2 Å². The third kappa shape index (κ3) is 5.01. The Morgan fingerprint density at radius 2 is 1.93 bits per heavy atom. The van der Waals surface area contributed by atoms with Crippen LogP contribution < -0.4 is 4.90 Å². The monoisotopic (exact) mass is 406 g/mol. The van der Waals surface area contributed by atoms with Crippen molar-refractivity contribution in [2.24, 2.45) is 5.92 Å². The van der Waals surface area contributed by atoms with E-state index in [9.17, 15) is 0 Å². The fourth-order valence-corrected chi connectivity index (χ4v) is 4.02. The minimum atomic E-state index is 0.217. The molecule has 1 aromatic carbocycles. The van der Waals surface area contributed by atoms with Crippen LogP contribution in [0.4, 0.5) is 5.69 Å². The molecule has 2 aromatic rings. The Balaban J connectivity index is 1.73. The van der Waals surface area contributed by atoms with Crippen molar-refractivity contribution in [3.05, 3.63) is 34.6 Å². The molecule has 0 unspecified atom stereocenters. The average Bonchev–Trinajstić information content (AvgIpc) is 3.14. The predicted molar refractivity (Wildman–Crippen MR) is 112 cm³/mol. The number of anilines is 1. The fourth-order valence-electron chi connectivity index (χ4n) is 3.85. The third-order valence-electron chi connectivity index (χ3n) is 5.33. The number of nitrogens with zero attached hydrogens (tertiary/aromatic N) is 6. The molecule has 0 amide bonds. The molecule has 0 saturated carbocycles. The van der Waals surface area contributed by atoms with Crippen molar-refractivity contribution in [1.82, 2.24) is 25.1 Å². The maximum Gasteiger partial charge on any atom is 0.168 e. The van der Waals surface area contributed by atoms with Crippen LogP contribution in [-0.4, -0.2) is 65.0 Å². The molecule has 1 aliphatic heterocycles. The Morgan fingerprint density at radius 1 is 1.18 bits per heavy atom. The number of benzene rings is 1. The van der Waals surface area contributed by atoms with Crippen molar-refractivity contribution in [1.29, 1.82) is 0 Å². The van der Waals surface area contributed by atoms with Crippen molar-refractivity contribution < 1.29 is 4.74 Å². The molecular weight excluding hydrogens is 376 g/mol. The van der Waals surface area contributed by atoms with E-state index in [0.717, 1.165) is 43.4 Å². The second kappa shape index (κ2) is 9.67. The van der Waals surface area contributed by atoms with Crippen LogP contribution in [0.15, 0.2) is 18.2 Å². The van der Waals surface area contributed by atoms with E-state index in [2.05, 4.69) is 58.2 Å². The molecular formula is C20H31ClN6O. The van der Waals surface area contributed by atoms with E-state index in [0.29, 0.717) is 19.1 Å². The van der Waals surface area contributed by atoms with Crippen molar-refractivity contribution in [2.45, 2.75) is 39.8 Å². The van der Waals surface area contributed by atoms with E-state index in [4.69, 9.17) is 16.3 Å². The van der Waals surface area contributed by atoms with Crippen molar-refractivity contribution in [3.63, 3.8) is 0 Å². The summed E-state index contributed by atoms with van der Waals surface area (Å²) in [5.41, 5.74) is 2.50. The highest BCUT2D eigenvalue weighted by atomic mass is 35.5. The van der Waals surface area contributed by atoms with Gasteiger partial charge in [0.2, 0.25) is 0 Å². The van der Waals surface area contributed by atoms with Gasteiger partial charge in [-0.3, -0.25) is 4.90 Å². The average molecular weight is 407 g/mol. The van der Waals surface area contributed by atoms with Gasteiger partial charge in [-0.25, -0.2) is 4.68 Å². The van der Waals surface area contributed by atoms with Crippen LogP contribution in [0.5, 0.6) is 0 Å². The molecule has 3 rings (SSSR count). The maximum absolute atomic E-state index is 6.23. The first kappa shape index (κ1) is 21.0. The molecule has 0 bridgehead atoms. The minimum absolute atomic E-state index is 0.217. The minimum Gasteiger partial charge on any atom is -0.383 e. The molecule has 0 radical (unpaired) electrons. The Kier molecular flexibility index (Phi) is 7.26. The van der Waals surface area contributed by atoms with Crippen molar-refractivity contribution in [3.8, 4) is 0 Å². The highest BCUT2D eigenvalue weighted by Gasteiger charge is 2.30. The first-order valence-electron chi connectivity index (χ1n) is 9.99. The van der Waals surface area contributed by atoms with Gasteiger partial charge in [0, 0.05) is 44.0 Å². The molecule has 0 aliphatic carbocycles. The van der Waals surface area contributed by atoms with Gasteiger partial charge in [-0.15, -0.1) is 5.10 Å².